The number of fused-ring (bicyclic) bond motifs is 1. The Morgan fingerprint density at radius 1 is 1.05 bits per heavy atom. The van der Waals surface area contributed by atoms with E-state index in [4.69, 9.17) is 5.73 Å². The van der Waals surface area contributed by atoms with Gasteiger partial charge in [-0.05, 0) is 12.1 Å². The van der Waals surface area contributed by atoms with Gasteiger partial charge in [0.2, 0.25) is 0 Å². The van der Waals surface area contributed by atoms with Crippen molar-refractivity contribution in [3.8, 4) is 5.69 Å². The summed E-state index contributed by atoms with van der Waals surface area (Å²) in [5.74, 6) is -3.74. The molecule has 0 bridgehead atoms. The Morgan fingerprint density at radius 3 is 2.43 bits per heavy atom. The van der Waals surface area contributed by atoms with Crippen LogP contribution in [-0.4, -0.2) is 16.4 Å². The predicted octanol–water partition coefficient (Wildman–Crippen LogP) is 0.582. The van der Waals surface area contributed by atoms with Gasteiger partial charge in [-0.1, -0.05) is 0 Å². The number of halogens is 2. The predicted molar refractivity (Wildman–Crippen MR) is 68.2 cm³/mol. The molecule has 0 radical (unpaired) electrons. The number of nitrogens with one attached hydrogen (secondary N) is 1. The van der Waals surface area contributed by atoms with Gasteiger partial charge in [-0.25, -0.2) is 8.78 Å². The second-order valence-corrected chi connectivity index (χ2v) is 4.37. The van der Waals surface area contributed by atoms with E-state index < -0.39 is 29.0 Å². The van der Waals surface area contributed by atoms with E-state index in [1.54, 1.807) is 0 Å². The van der Waals surface area contributed by atoms with Crippen LogP contribution in [0.15, 0.2) is 29.1 Å². The molecular formula is C13H7F2N3O3. The van der Waals surface area contributed by atoms with Gasteiger partial charge in [0.1, 0.15) is 17.5 Å². The summed E-state index contributed by atoms with van der Waals surface area (Å²) in [5, 5.41) is 1.99. The molecule has 2 aromatic rings. The third kappa shape index (κ3) is 1.80. The molecule has 1 aliphatic rings. The highest BCUT2D eigenvalue weighted by Gasteiger charge is 2.32. The Bertz CT molecular complexity index is 874. The molecule has 0 saturated heterocycles. The van der Waals surface area contributed by atoms with Gasteiger partial charge in [0.05, 0.1) is 16.8 Å². The monoisotopic (exact) mass is 291 g/mol. The van der Waals surface area contributed by atoms with Crippen LogP contribution in [0.2, 0.25) is 0 Å². The molecule has 1 aliphatic heterocycles. The van der Waals surface area contributed by atoms with Crippen molar-refractivity contribution in [2.75, 3.05) is 5.73 Å². The van der Waals surface area contributed by atoms with E-state index >= 15 is 0 Å². The fourth-order valence-electron chi connectivity index (χ4n) is 2.19. The summed E-state index contributed by atoms with van der Waals surface area (Å²) in [7, 11) is 0. The van der Waals surface area contributed by atoms with Crippen molar-refractivity contribution < 1.29 is 18.4 Å². The number of nitrogens with two attached hydrogens (primary N) is 1. The Hall–Kier alpha value is -3.03. The fraction of sp³-hybridized carbons (Fsp3) is 0. The molecule has 0 atom stereocenters. The van der Waals surface area contributed by atoms with E-state index in [-0.39, 0.29) is 22.6 Å². The lowest BCUT2D eigenvalue weighted by Crippen LogP contribution is -2.24. The van der Waals surface area contributed by atoms with Crippen molar-refractivity contribution in [1.82, 2.24) is 9.88 Å². The number of amides is 2. The molecular weight excluding hydrogens is 284 g/mol. The lowest BCUT2D eigenvalue weighted by Gasteiger charge is -2.12. The molecule has 2 amide bonds. The minimum Gasteiger partial charge on any atom is -0.384 e. The SMILES string of the molecule is Nc1c2c(cc(=O)n1-c1ccc(F)cc1F)C(=O)NC2=O. The summed E-state index contributed by atoms with van der Waals surface area (Å²) in [6.45, 7) is 0. The van der Waals surface area contributed by atoms with Gasteiger partial charge < -0.3 is 5.73 Å². The Labute approximate surface area is 115 Å². The fourth-order valence-corrected chi connectivity index (χ4v) is 2.19. The average molecular weight is 291 g/mol. The van der Waals surface area contributed by atoms with Gasteiger partial charge in [-0.3, -0.25) is 24.3 Å². The first-order chi connectivity index (χ1) is 9.90. The van der Waals surface area contributed by atoms with Crippen LogP contribution in [0.5, 0.6) is 0 Å². The van der Waals surface area contributed by atoms with E-state index in [0.29, 0.717) is 10.6 Å². The van der Waals surface area contributed by atoms with E-state index in [0.717, 1.165) is 18.2 Å². The highest BCUT2D eigenvalue weighted by Crippen LogP contribution is 2.24. The molecule has 106 valence electrons. The van der Waals surface area contributed by atoms with Crippen molar-refractivity contribution in [2.24, 2.45) is 0 Å². The van der Waals surface area contributed by atoms with Crippen LogP contribution >= 0.6 is 0 Å². The molecule has 1 aromatic heterocycles. The summed E-state index contributed by atoms with van der Waals surface area (Å²) in [6.07, 6.45) is 0. The van der Waals surface area contributed by atoms with Gasteiger partial charge in [0.15, 0.2) is 0 Å². The highest BCUT2D eigenvalue weighted by molar-refractivity contribution is 6.23. The van der Waals surface area contributed by atoms with Gasteiger partial charge in [-0.2, -0.15) is 0 Å². The zero-order valence-corrected chi connectivity index (χ0v) is 10.3. The highest BCUT2D eigenvalue weighted by atomic mass is 19.1. The molecule has 0 spiro atoms. The van der Waals surface area contributed by atoms with Crippen molar-refractivity contribution in [2.45, 2.75) is 0 Å². The quantitative estimate of drug-likeness (QED) is 0.751. The molecule has 0 fully saturated rings. The standard InChI is InChI=1S/C13H7F2N3O3/c14-5-1-2-8(7(15)3-5)18-9(19)4-6-10(11(18)16)13(21)17-12(6)20/h1-4H,16H2,(H,17,20,21). The molecule has 3 rings (SSSR count). The number of carbonyl (C=O) groups is 2. The normalized spacial score (nSPS) is 13.2. The first-order valence-electron chi connectivity index (χ1n) is 5.77. The number of carbonyl (C=O) groups excluding carboxylic acids is 2. The Kier molecular flexibility index (Phi) is 2.62. The smallest absolute Gasteiger partial charge is 0.262 e. The minimum absolute atomic E-state index is 0.165. The maximum Gasteiger partial charge on any atom is 0.262 e. The summed E-state index contributed by atoms with van der Waals surface area (Å²) in [5.41, 5.74) is 4.23. The van der Waals surface area contributed by atoms with Gasteiger partial charge in [-0.15, -0.1) is 0 Å². The second kappa shape index (κ2) is 4.23. The number of rotatable bonds is 1. The van der Waals surface area contributed by atoms with E-state index in [1.165, 1.54) is 0 Å². The molecule has 0 unspecified atom stereocenters. The Balaban J connectivity index is 2.35. The summed E-state index contributed by atoms with van der Waals surface area (Å²) >= 11 is 0. The number of benzene rings is 1. The lowest BCUT2D eigenvalue weighted by molar-refractivity contribution is 0.0880. The zero-order valence-electron chi connectivity index (χ0n) is 10.3. The molecule has 1 aromatic carbocycles. The van der Waals surface area contributed by atoms with Crippen molar-refractivity contribution in [3.05, 3.63) is 57.4 Å². The van der Waals surface area contributed by atoms with Crippen molar-refractivity contribution >= 4 is 17.6 Å². The minimum atomic E-state index is -1.02. The van der Waals surface area contributed by atoms with E-state index in [2.05, 4.69) is 0 Å². The third-order valence-corrected chi connectivity index (χ3v) is 3.10. The van der Waals surface area contributed by atoms with E-state index in [9.17, 15) is 23.2 Å². The summed E-state index contributed by atoms with van der Waals surface area (Å²) in [4.78, 5) is 35.2. The zero-order chi connectivity index (χ0) is 15.3. The van der Waals surface area contributed by atoms with Crippen molar-refractivity contribution in [1.29, 1.82) is 0 Å². The van der Waals surface area contributed by atoms with E-state index in [1.807, 2.05) is 5.32 Å². The maximum atomic E-state index is 13.8. The number of aromatic nitrogens is 1. The van der Waals surface area contributed by atoms with Crippen LogP contribution in [-0.2, 0) is 0 Å². The van der Waals surface area contributed by atoms with Crippen LogP contribution in [0.1, 0.15) is 20.7 Å². The number of hydrogen-bond acceptors (Lipinski definition) is 4. The van der Waals surface area contributed by atoms with Gasteiger partial charge in [0, 0.05) is 12.1 Å². The van der Waals surface area contributed by atoms with Crippen LogP contribution in [0.3, 0.4) is 0 Å². The van der Waals surface area contributed by atoms with Gasteiger partial charge in [0.25, 0.3) is 17.4 Å². The number of pyridine rings is 1. The molecule has 2 heterocycles. The van der Waals surface area contributed by atoms with Crippen molar-refractivity contribution in [3.63, 3.8) is 0 Å². The average Bonchev–Trinajstić information content (AvgIpc) is 2.67. The molecule has 21 heavy (non-hydrogen) atoms. The number of anilines is 1. The summed E-state index contributed by atoms with van der Waals surface area (Å²) in [6, 6.07) is 3.43. The lowest BCUT2D eigenvalue weighted by atomic mass is 10.1. The molecule has 0 aliphatic carbocycles. The molecule has 8 heteroatoms. The largest absolute Gasteiger partial charge is 0.384 e. The van der Waals surface area contributed by atoms with Gasteiger partial charge >= 0.3 is 0 Å². The third-order valence-electron chi connectivity index (χ3n) is 3.10. The maximum absolute atomic E-state index is 13.8. The van der Waals surface area contributed by atoms with Crippen LogP contribution in [0, 0.1) is 11.6 Å². The number of nitrogens with zero attached hydrogens (tertiary/aromatic N) is 1. The molecule has 0 saturated carbocycles. The first-order valence-corrected chi connectivity index (χ1v) is 5.77. The first kappa shape index (κ1) is 13.0. The number of nitrogen functional groups attached to an aromatic ring is 1. The van der Waals surface area contributed by atoms with Crippen LogP contribution in [0.25, 0.3) is 5.69 Å². The summed E-state index contributed by atoms with van der Waals surface area (Å²) < 4.78 is 27.4. The second-order valence-electron chi connectivity index (χ2n) is 4.37. The molecule has 6 nitrogen and oxygen atoms in total. The topological polar surface area (TPSA) is 94.2 Å². The number of hydrogen-bond donors (Lipinski definition) is 2. The van der Waals surface area contributed by atoms with Crippen LogP contribution in [0.4, 0.5) is 14.6 Å². The number of imide groups is 1. The Morgan fingerprint density at radius 2 is 1.76 bits per heavy atom. The molecule has 3 N–H and O–H groups in total. The van der Waals surface area contributed by atoms with Crippen LogP contribution < -0.4 is 16.6 Å².